The molecule has 0 aromatic rings. The van der Waals surface area contributed by atoms with Crippen LogP contribution in [-0.4, -0.2) is 50.3 Å². The molecule has 1 aliphatic heterocycles. The summed E-state index contributed by atoms with van der Waals surface area (Å²) in [6, 6.07) is 2.13. The van der Waals surface area contributed by atoms with Gasteiger partial charge in [0, 0.05) is 19.5 Å². The van der Waals surface area contributed by atoms with Gasteiger partial charge in [-0.1, -0.05) is 0 Å². The highest BCUT2D eigenvalue weighted by molar-refractivity contribution is 5.69. The average molecular weight is 226 g/mol. The lowest BCUT2D eigenvalue weighted by molar-refractivity contribution is -0.145. The molecule has 0 spiro atoms. The van der Waals surface area contributed by atoms with Crippen LogP contribution in [0.5, 0.6) is 0 Å². The molecule has 0 aliphatic carbocycles. The second kappa shape index (κ2) is 7.20. The zero-order chi connectivity index (χ0) is 11.8. The van der Waals surface area contributed by atoms with E-state index < -0.39 is 0 Å². The second-order valence-electron chi connectivity index (χ2n) is 3.84. The number of carbonyl (C=O) groups is 1. The third-order valence-electron chi connectivity index (χ3n) is 2.61. The van der Waals surface area contributed by atoms with Gasteiger partial charge in [-0.25, -0.2) is 0 Å². The second-order valence-corrected chi connectivity index (χ2v) is 3.84. The Balaban J connectivity index is 2.24. The number of esters is 1. The summed E-state index contributed by atoms with van der Waals surface area (Å²) in [6.45, 7) is 3.17. The minimum absolute atomic E-state index is 0.0664. The monoisotopic (exact) mass is 226 g/mol. The molecule has 1 unspecified atom stereocenters. The first-order chi connectivity index (χ1) is 7.76. The maximum Gasteiger partial charge on any atom is 0.308 e. The number of rotatable bonds is 5. The molecule has 16 heavy (non-hydrogen) atoms. The summed E-state index contributed by atoms with van der Waals surface area (Å²) in [6.07, 6.45) is 1.70. The lowest BCUT2D eigenvalue weighted by Crippen LogP contribution is -2.43. The van der Waals surface area contributed by atoms with Crippen LogP contribution >= 0.6 is 0 Å². The molecular weight excluding hydrogens is 208 g/mol. The van der Waals surface area contributed by atoms with E-state index in [9.17, 15) is 4.79 Å². The average Bonchev–Trinajstić information content (AvgIpc) is 2.30. The molecule has 1 saturated heterocycles. The predicted octanol–water partition coefficient (Wildman–Crippen LogP) is 0.554. The summed E-state index contributed by atoms with van der Waals surface area (Å²) >= 11 is 0. The van der Waals surface area contributed by atoms with Crippen LogP contribution in [0.4, 0.5) is 0 Å². The molecular formula is C11H18N2O3. The molecule has 0 amide bonds. The van der Waals surface area contributed by atoms with E-state index in [0.29, 0.717) is 19.4 Å². The molecule has 0 bridgehead atoms. The van der Waals surface area contributed by atoms with Crippen LogP contribution in [-0.2, 0) is 14.3 Å². The molecule has 1 heterocycles. The van der Waals surface area contributed by atoms with Crippen molar-refractivity contribution >= 4 is 5.97 Å². The van der Waals surface area contributed by atoms with Crippen molar-refractivity contribution in [2.24, 2.45) is 0 Å². The topological polar surface area (TPSA) is 62.6 Å². The Morgan fingerprint density at radius 1 is 1.69 bits per heavy atom. The Labute approximate surface area is 95.9 Å². The number of hydrogen-bond donors (Lipinski definition) is 0. The molecule has 5 nitrogen and oxygen atoms in total. The van der Waals surface area contributed by atoms with Crippen molar-refractivity contribution in [2.45, 2.75) is 25.4 Å². The fourth-order valence-electron chi connectivity index (χ4n) is 1.76. The van der Waals surface area contributed by atoms with Crippen molar-refractivity contribution in [1.82, 2.24) is 4.90 Å². The predicted molar refractivity (Wildman–Crippen MR) is 57.7 cm³/mol. The van der Waals surface area contributed by atoms with Gasteiger partial charge in [-0.3, -0.25) is 9.69 Å². The van der Waals surface area contributed by atoms with Crippen molar-refractivity contribution in [2.75, 3.05) is 33.4 Å². The van der Waals surface area contributed by atoms with Gasteiger partial charge in [0.1, 0.15) is 0 Å². The van der Waals surface area contributed by atoms with E-state index >= 15 is 0 Å². The van der Waals surface area contributed by atoms with Gasteiger partial charge in [0.05, 0.1) is 32.3 Å². The summed E-state index contributed by atoms with van der Waals surface area (Å²) in [4.78, 5) is 13.3. The van der Waals surface area contributed by atoms with Crippen molar-refractivity contribution in [3.8, 4) is 6.07 Å². The third kappa shape index (κ3) is 4.60. The van der Waals surface area contributed by atoms with Crippen LogP contribution in [0.2, 0.25) is 0 Å². The number of unbranched alkanes of at least 4 members (excludes halogenated alkanes) is 1. The standard InChI is InChI=1S/C11H18N2O3/c1-15-11(14)8-10-9-13(6-7-16-10)5-3-2-4-12/h10H,2-3,5-9H2,1H3. The molecule has 1 fully saturated rings. The summed E-state index contributed by atoms with van der Waals surface area (Å²) < 4.78 is 10.1. The number of ether oxygens (including phenoxy) is 2. The molecule has 1 aliphatic rings. The Hall–Kier alpha value is -1.12. The van der Waals surface area contributed by atoms with Crippen LogP contribution in [0.3, 0.4) is 0 Å². The highest BCUT2D eigenvalue weighted by Gasteiger charge is 2.22. The molecule has 0 radical (unpaired) electrons. The Bertz CT molecular complexity index is 262. The minimum Gasteiger partial charge on any atom is -0.469 e. The summed E-state index contributed by atoms with van der Waals surface area (Å²) in [5, 5.41) is 8.44. The van der Waals surface area contributed by atoms with E-state index in [1.807, 2.05) is 0 Å². The molecule has 1 atom stereocenters. The first-order valence-electron chi connectivity index (χ1n) is 5.54. The lowest BCUT2D eigenvalue weighted by Gasteiger charge is -2.32. The van der Waals surface area contributed by atoms with Gasteiger partial charge in [-0.15, -0.1) is 0 Å². The Morgan fingerprint density at radius 2 is 2.50 bits per heavy atom. The van der Waals surface area contributed by atoms with Crippen LogP contribution < -0.4 is 0 Å². The van der Waals surface area contributed by atoms with Gasteiger partial charge in [0.15, 0.2) is 0 Å². The molecule has 90 valence electrons. The number of carbonyl (C=O) groups excluding carboxylic acids is 1. The van der Waals surface area contributed by atoms with Gasteiger partial charge in [0.25, 0.3) is 0 Å². The lowest BCUT2D eigenvalue weighted by atomic mass is 10.2. The van der Waals surface area contributed by atoms with Crippen LogP contribution in [0.25, 0.3) is 0 Å². The van der Waals surface area contributed by atoms with Gasteiger partial charge in [-0.05, 0) is 13.0 Å². The van der Waals surface area contributed by atoms with E-state index in [0.717, 1.165) is 26.1 Å². The molecule has 1 rings (SSSR count). The fraction of sp³-hybridized carbons (Fsp3) is 0.818. The minimum atomic E-state index is -0.233. The van der Waals surface area contributed by atoms with Crippen LogP contribution in [0.15, 0.2) is 0 Å². The van der Waals surface area contributed by atoms with Gasteiger partial charge < -0.3 is 9.47 Å². The highest BCUT2D eigenvalue weighted by atomic mass is 16.5. The number of hydrogen-bond acceptors (Lipinski definition) is 5. The molecule has 0 aromatic heterocycles. The maximum absolute atomic E-state index is 11.1. The summed E-state index contributed by atoms with van der Waals surface area (Å²) in [7, 11) is 1.38. The fourth-order valence-corrected chi connectivity index (χ4v) is 1.76. The molecule has 0 saturated carbocycles. The normalized spacial score (nSPS) is 21.4. The highest BCUT2D eigenvalue weighted by Crippen LogP contribution is 2.10. The molecule has 0 N–H and O–H groups in total. The van der Waals surface area contributed by atoms with Crippen LogP contribution in [0, 0.1) is 11.3 Å². The quantitative estimate of drug-likeness (QED) is 0.506. The maximum atomic E-state index is 11.1. The van der Waals surface area contributed by atoms with E-state index in [2.05, 4.69) is 15.7 Å². The first kappa shape index (κ1) is 12.9. The molecule has 5 heteroatoms. The number of nitriles is 1. The van der Waals surface area contributed by atoms with Crippen LogP contribution in [0.1, 0.15) is 19.3 Å². The SMILES string of the molecule is COC(=O)CC1CN(CCCC#N)CCO1. The molecule has 0 aromatic carbocycles. The van der Waals surface area contributed by atoms with Gasteiger partial charge in [-0.2, -0.15) is 5.26 Å². The zero-order valence-electron chi connectivity index (χ0n) is 9.65. The number of nitrogens with zero attached hydrogens (tertiary/aromatic N) is 2. The Morgan fingerprint density at radius 3 is 3.19 bits per heavy atom. The Kier molecular flexibility index (Phi) is 5.83. The summed E-state index contributed by atoms with van der Waals surface area (Å²) in [5.41, 5.74) is 0. The first-order valence-corrected chi connectivity index (χ1v) is 5.54. The van der Waals surface area contributed by atoms with Gasteiger partial charge in [0.2, 0.25) is 0 Å². The number of morpholine rings is 1. The van der Waals surface area contributed by atoms with Crippen molar-refractivity contribution in [1.29, 1.82) is 5.26 Å². The van der Waals surface area contributed by atoms with Crippen molar-refractivity contribution in [3.63, 3.8) is 0 Å². The van der Waals surface area contributed by atoms with E-state index in [4.69, 9.17) is 10.00 Å². The summed E-state index contributed by atoms with van der Waals surface area (Å²) in [5.74, 6) is -0.233. The van der Waals surface area contributed by atoms with Crippen molar-refractivity contribution in [3.05, 3.63) is 0 Å². The van der Waals surface area contributed by atoms with E-state index in [1.54, 1.807) is 0 Å². The van der Waals surface area contributed by atoms with E-state index in [1.165, 1.54) is 7.11 Å². The smallest absolute Gasteiger partial charge is 0.308 e. The number of methoxy groups -OCH3 is 1. The van der Waals surface area contributed by atoms with Crippen molar-refractivity contribution < 1.29 is 14.3 Å². The largest absolute Gasteiger partial charge is 0.469 e. The van der Waals surface area contributed by atoms with E-state index in [-0.39, 0.29) is 12.1 Å². The van der Waals surface area contributed by atoms with Gasteiger partial charge >= 0.3 is 5.97 Å². The zero-order valence-corrected chi connectivity index (χ0v) is 9.65. The third-order valence-corrected chi connectivity index (χ3v) is 2.61.